The van der Waals surface area contributed by atoms with Crippen LogP contribution in [-0.2, 0) is 9.53 Å². The Kier molecular flexibility index (Phi) is 4.90. The Labute approximate surface area is 123 Å². The lowest BCUT2D eigenvalue weighted by Crippen LogP contribution is -2.48. The molecular formula is C17H29NO2. The Hall–Kier alpha value is -0.830. The smallest absolute Gasteiger partial charge is 0.320 e. The highest BCUT2D eigenvalue weighted by Crippen LogP contribution is 2.59. The number of allylic oxidation sites excluding steroid dienone is 1. The molecule has 0 radical (unpaired) electrons. The second-order valence-corrected chi connectivity index (χ2v) is 6.75. The predicted octanol–water partition coefficient (Wildman–Crippen LogP) is 3.25. The van der Waals surface area contributed by atoms with Gasteiger partial charge in [0, 0.05) is 6.42 Å². The molecule has 0 aromatic rings. The van der Waals surface area contributed by atoms with E-state index in [0.29, 0.717) is 18.6 Å². The average Bonchev–Trinajstić information content (AvgIpc) is 2.44. The van der Waals surface area contributed by atoms with Crippen molar-refractivity contribution in [1.29, 1.82) is 0 Å². The Morgan fingerprint density at radius 1 is 1.40 bits per heavy atom. The molecule has 0 N–H and O–H groups in total. The minimum atomic E-state index is -0.0872. The molecule has 0 heterocycles. The molecule has 1 fully saturated rings. The van der Waals surface area contributed by atoms with E-state index in [-0.39, 0.29) is 5.97 Å². The molecular weight excluding hydrogens is 250 g/mol. The maximum Gasteiger partial charge on any atom is 0.320 e. The van der Waals surface area contributed by atoms with Gasteiger partial charge in [0.05, 0.1) is 13.2 Å². The van der Waals surface area contributed by atoms with Crippen LogP contribution in [0.1, 0.15) is 47.0 Å². The molecule has 2 bridgehead atoms. The first-order valence-corrected chi connectivity index (χ1v) is 8.05. The second kappa shape index (κ2) is 6.30. The highest BCUT2D eigenvalue weighted by Gasteiger charge is 2.50. The van der Waals surface area contributed by atoms with Crippen molar-refractivity contribution < 1.29 is 9.53 Å². The Balaban J connectivity index is 1.71. The monoisotopic (exact) mass is 279 g/mol. The van der Waals surface area contributed by atoms with E-state index in [4.69, 9.17) is 4.74 Å². The van der Waals surface area contributed by atoms with Gasteiger partial charge in [0.15, 0.2) is 0 Å². The first-order valence-electron chi connectivity index (χ1n) is 8.05. The van der Waals surface area contributed by atoms with E-state index in [9.17, 15) is 4.79 Å². The van der Waals surface area contributed by atoms with Crippen LogP contribution in [0, 0.1) is 17.3 Å². The summed E-state index contributed by atoms with van der Waals surface area (Å²) in [6.07, 6.45) is 5.87. The lowest BCUT2D eigenvalue weighted by molar-refractivity contribution is -0.144. The van der Waals surface area contributed by atoms with Gasteiger partial charge in [-0.25, -0.2) is 0 Å². The molecule has 0 spiro atoms. The summed E-state index contributed by atoms with van der Waals surface area (Å²) in [6, 6.07) is 0. The highest BCUT2D eigenvalue weighted by molar-refractivity contribution is 5.71. The minimum Gasteiger partial charge on any atom is -0.464 e. The fourth-order valence-electron chi connectivity index (χ4n) is 3.72. The van der Waals surface area contributed by atoms with E-state index in [1.165, 1.54) is 18.4 Å². The average molecular weight is 279 g/mol. The third-order valence-corrected chi connectivity index (χ3v) is 5.48. The summed E-state index contributed by atoms with van der Waals surface area (Å²) in [4.78, 5) is 13.8. The van der Waals surface area contributed by atoms with Gasteiger partial charge in [0.25, 0.3) is 0 Å². The van der Waals surface area contributed by atoms with Crippen molar-refractivity contribution in [2.45, 2.75) is 47.0 Å². The third-order valence-electron chi connectivity index (χ3n) is 5.48. The second-order valence-electron chi connectivity index (χ2n) is 6.75. The maximum atomic E-state index is 11.7. The predicted molar refractivity (Wildman–Crippen MR) is 81.4 cm³/mol. The van der Waals surface area contributed by atoms with Crippen molar-refractivity contribution in [3.05, 3.63) is 11.6 Å². The van der Waals surface area contributed by atoms with Gasteiger partial charge in [-0.05, 0) is 43.2 Å². The van der Waals surface area contributed by atoms with Gasteiger partial charge < -0.3 is 4.74 Å². The number of carbonyl (C=O) groups is 1. The topological polar surface area (TPSA) is 29.5 Å². The molecule has 2 atom stereocenters. The summed E-state index contributed by atoms with van der Waals surface area (Å²) in [6.45, 7) is 11.7. The van der Waals surface area contributed by atoms with E-state index in [0.717, 1.165) is 31.3 Å². The number of hydrogen-bond acceptors (Lipinski definition) is 3. The Morgan fingerprint density at radius 2 is 2.10 bits per heavy atom. The molecule has 20 heavy (non-hydrogen) atoms. The standard InChI is InChI=1S/C17H29NO2/c1-5-18(6-2)12-16(19)20-10-9-13-7-8-14-11-15(13)17(14,3)4/h7,14-15H,5-6,8-12H2,1-4H3/t14?,15-/m0/s1. The van der Waals surface area contributed by atoms with Crippen LogP contribution in [0.15, 0.2) is 11.6 Å². The quantitative estimate of drug-likeness (QED) is 0.529. The van der Waals surface area contributed by atoms with Gasteiger partial charge >= 0.3 is 5.97 Å². The number of carbonyl (C=O) groups excluding carboxylic acids is 1. The van der Waals surface area contributed by atoms with Gasteiger partial charge in [0.1, 0.15) is 0 Å². The summed E-state index contributed by atoms with van der Waals surface area (Å²) in [7, 11) is 0. The zero-order valence-electron chi connectivity index (χ0n) is 13.4. The van der Waals surface area contributed by atoms with E-state index >= 15 is 0 Å². The Bertz CT molecular complexity index is 382. The number of hydrogen-bond donors (Lipinski definition) is 0. The number of ether oxygens (including phenoxy) is 1. The number of fused-ring (bicyclic) bond motifs is 1. The molecule has 3 aliphatic rings. The maximum absolute atomic E-state index is 11.7. The van der Waals surface area contributed by atoms with Crippen molar-refractivity contribution in [2.75, 3.05) is 26.2 Å². The van der Waals surface area contributed by atoms with E-state index < -0.39 is 0 Å². The van der Waals surface area contributed by atoms with Crippen molar-refractivity contribution in [3.63, 3.8) is 0 Å². The zero-order valence-corrected chi connectivity index (χ0v) is 13.4. The van der Waals surface area contributed by atoms with Crippen molar-refractivity contribution >= 4 is 5.97 Å². The zero-order chi connectivity index (χ0) is 14.8. The molecule has 0 aromatic carbocycles. The number of nitrogens with zero attached hydrogens (tertiary/aromatic N) is 1. The molecule has 0 aliphatic heterocycles. The lowest BCUT2D eigenvalue weighted by Gasteiger charge is -2.56. The fourth-order valence-corrected chi connectivity index (χ4v) is 3.72. The number of esters is 1. The van der Waals surface area contributed by atoms with Gasteiger partial charge in [-0.2, -0.15) is 0 Å². The van der Waals surface area contributed by atoms with Crippen LogP contribution < -0.4 is 0 Å². The van der Waals surface area contributed by atoms with Crippen LogP contribution in [0.5, 0.6) is 0 Å². The molecule has 1 unspecified atom stereocenters. The molecule has 3 aliphatic carbocycles. The molecule has 114 valence electrons. The molecule has 1 saturated carbocycles. The molecule has 0 amide bonds. The third kappa shape index (κ3) is 3.08. The molecule has 3 nitrogen and oxygen atoms in total. The molecule has 0 aromatic heterocycles. The van der Waals surface area contributed by atoms with Gasteiger partial charge in [-0.15, -0.1) is 0 Å². The van der Waals surface area contributed by atoms with Gasteiger partial charge in [-0.1, -0.05) is 39.3 Å². The van der Waals surface area contributed by atoms with Gasteiger partial charge in [0.2, 0.25) is 0 Å². The summed E-state index contributed by atoms with van der Waals surface area (Å²) in [5.41, 5.74) is 1.99. The number of rotatable bonds is 7. The summed E-state index contributed by atoms with van der Waals surface area (Å²) >= 11 is 0. The minimum absolute atomic E-state index is 0.0872. The van der Waals surface area contributed by atoms with Crippen molar-refractivity contribution in [2.24, 2.45) is 17.3 Å². The molecule has 3 heteroatoms. The van der Waals surface area contributed by atoms with Crippen LogP contribution in [0.4, 0.5) is 0 Å². The number of likely N-dealkylation sites (N-methyl/N-ethyl adjacent to an activating group) is 1. The van der Waals surface area contributed by atoms with Crippen LogP contribution in [-0.4, -0.2) is 37.1 Å². The fraction of sp³-hybridized carbons (Fsp3) is 0.824. The first kappa shape index (κ1) is 15.6. The molecule has 0 saturated heterocycles. The van der Waals surface area contributed by atoms with E-state index in [2.05, 4.69) is 38.7 Å². The normalized spacial score (nSPS) is 26.9. The lowest BCUT2D eigenvalue weighted by atomic mass is 9.48. The summed E-state index contributed by atoms with van der Waals surface area (Å²) < 4.78 is 5.39. The SMILES string of the molecule is CCN(CC)CC(=O)OCCC1=CCC2C[C@@H]1C2(C)C. The van der Waals surface area contributed by atoms with Crippen molar-refractivity contribution in [3.8, 4) is 0 Å². The first-order chi connectivity index (χ1) is 9.48. The summed E-state index contributed by atoms with van der Waals surface area (Å²) in [5, 5.41) is 0. The highest BCUT2D eigenvalue weighted by atomic mass is 16.5. The van der Waals surface area contributed by atoms with Crippen LogP contribution in [0.25, 0.3) is 0 Å². The van der Waals surface area contributed by atoms with E-state index in [1.807, 2.05) is 0 Å². The van der Waals surface area contributed by atoms with Gasteiger partial charge in [-0.3, -0.25) is 9.69 Å². The van der Waals surface area contributed by atoms with Crippen LogP contribution in [0.2, 0.25) is 0 Å². The van der Waals surface area contributed by atoms with Crippen LogP contribution in [0.3, 0.4) is 0 Å². The molecule has 3 rings (SSSR count). The van der Waals surface area contributed by atoms with E-state index in [1.54, 1.807) is 0 Å². The summed E-state index contributed by atoms with van der Waals surface area (Å²) in [5.74, 6) is 1.51. The van der Waals surface area contributed by atoms with Crippen LogP contribution >= 0.6 is 0 Å². The largest absolute Gasteiger partial charge is 0.464 e. The Morgan fingerprint density at radius 3 is 2.65 bits per heavy atom. The van der Waals surface area contributed by atoms with Crippen molar-refractivity contribution in [1.82, 2.24) is 4.90 Å².